The van der Waals surface area contributed by atoms with Gasteiger partial charge in [-0.05, 0) is 54.7 Å². The van der Waals surface area contributed by atoms with Crippen LogP contribution >= 0.6 is 43.4 Å². The van der Waals surface area contributed by atoms with E-state index in [1.54, 1.807) is 0 Å². The molecule has 1 aromatic heterocycles. The fraction of sp³-hybridized carbons (Fsp3) is 0.316. The van der Waals surface area contributed by atoms with Crippen molar-refractivity contribution in [2.45, 2.75) is 25.7 Å². The summed E-state index contributed by atoms with van der Waals surface area (Å²) in [6.45, 7) is 0.784. The van der Waals surface area contributed by atoms with E-state index in [0.29, 0.717) is 0 Å². The molecule has 1 heterocycles. The molecule has 0 amide bonds. The molecule has 126 valence electrons. The van der Waals surface area contributed by atoms with E-state index in [0.717, 1.165) is 39.8 Å². The molecule has 0 N–H and O–H groups in total. The Kier molecular flexibility index (Phi) is 6.69. The van der Waals surface area contributed by atoms with Crippen LogP contribution in [0.4, 0.5) is 0 Å². The average Bonchev–Trinajstić information content (AvgIpc) is 3.02. The maximum Gasteiger partial charge on any atom is 0.120 e. The highest BCUT2D eigenvalue weighted by molar-refractivity contribution is 9.10. The topological polar surface area (TPSA) is 22.1 Å². The van der Waals surface area contributed by atoms with Crippen molar-refractivity contribution in [1.82, 2.24) is 4.37 Å². The van der Waals surface area contributed by atoms with Crippen LogP contribution in [0.25, 0.3) is 21.3 Å². The minimum Gasteiger partial charge on any atom is -0.494 e. The fourth-order valence-electron chi connectivity index (χ4n) is 2.56. The van der Waals surface area contributed by atoms with E-state index < -0.39 is 0 Å². The molecule has 0 fully saturated rings. The van der Waals surface area contributed by atoms with Gasteiger partial charge in [-0.2, -0.15) is 4.37 Å². The Balaban J connectivity index is 1.66. The third kappa shape index (κ3) is 4.58. The van der Waals surface area contributed by atoms with Crippen molar-refractivity contribution >= 4 is 53.5 Å². The Morgan fingerprint density at radius 1 is 0.958 bits per heavy atom. The lowest BCUT2D eigenvalue weighted by atomic mass is 10.1. The number of nitrogens with zero attached hydrogens (tertiary/aromatic N) is 1. The molecule has 5 heteroatoms. The van der Waals surface area contributed by atoms with Gasteiger partial charge >= 0.3 is 0 Å². The van der Waals surface area contributed by atoms with Gasteiger partial charge in [0.05, 0.1) is 17.0 Å². The van der Waals surface area contributed by atoms with Crippen molar-refractivity contribution in [3.63, 3.8) is 0 Å². The van der Waals surface area contributed by atoms with Crippen LogP contribution < -0.4 is 4.74 Å². The van der Waals surface area contributed by atoms with Crippen LogP contribution in [0.15, 0.2) is 46.9 Å². The number of hydrogen-bond acceptors (Lipinski definition) is 3. The third-order valence-electron chi connectivity index (χ3n) is 3.86. The Morgan fingerprint density at radius 2 is 1.75 bits per heavy atom. The van der Waals surface area contributed by atoms with Crippen LogP contribution in [0.1, 0.15) is 25.7 Å². The Morgan fingerprint density at radius 3 is 2.54 bits per heavy atom. The van der Waals surface area contributed by atoms with E-state index in [2.05, 4.69) is 66.6 Å². The molecule has 0 radical (unpaired) electrons. The predicted molar refractivity (Wildman–Crippen MR) is 111 cm³/mol. The lowest BCUT2D eigenvalue weighted by molar-refractivity contribution is 0.305. The molecule has 3 aromatic rings. The standard InChI is InChI=1S/C19H19Br2NOS/c20-11-3-1-2-4-12-23-16-9-10-17-18(13-16)24-22-19(17)14-5-7-15(21)8-6-14/h5-10,13H,1-4,11-12H2. The molecular weight excluding hydrogens is 450 g/mol. The second-order valence-corrected chi connectivity index (χ2v) is 8.16. The summed E-state index contributed by atoms with van der Waals surface area (Å²) in [7, 11) is 0. The van der Waals surface area contributed by atoms with E-state index in [1.807, 2.05) is 12.1 Å². The van der Waals surface area contributed by atoms with Gasteiger partial charge in [-0.25, -0.2) is 0 Å². The number of unbranched alkanes of at least 4 members (excludes halogenated alkanes) is 3. The zero-order valence-corrected chi connectivity index (χ0v) is 17.3. The van der Waals surface area contributed by atoms with Gasteiger partial charge in [0.1, 0.15) is 5.75 Å². The minimum atomic E-state index is 0.784. The monoisotopic (exact) mass is 467 g/mol. The number of aromatic nitrogens is 1. The van der Waals surface area contributed by atoms with Crippen LogP contribution in [0.5, 0.6) is 5.75 Å². The molecule has 0 aliphatic heterocycles. The van der Waals surface area contributed by atoms with Crippen molar-refractivity contribution in [3.8, 4) is 17.0 Å². The maximum absolute atomic E-state index is 5.89. The summed E-state index contributed by atoms with van der Waals surface area (Å²) in [5.74, 6) is 0.939. The summed E-state index contributed by atoms with van der Waals surface area (Å²) >= 11 is 8.47. The molecule has 0 bridgehead atoms. The van der Waals surface area contributed by atoms with Crippen LogP contribution in [0.2, 0.25) is 0 Å². The third-order valence-corrected chi connectivity index (χ3v) is 5.76. The van der Waals surface area contributed by atoms with Crippen LogP contribution in [-0.2, 0) is 0 Å². The summed E-state index contributed by atoms with van der Waals surface area (Å²) in [5.41, 5.74) is 2.19. The van der Waals surface area contributed by atoms with Gasteiger partial charge in [0.25, 0.3) is 0 Å². The number of benzene rings is 2. The van der Waals surface area contributed by atoms with Crippen molar-refractivity contribution in [1.29, 1.82) is 0 Å². The molecule has 0 atom stereocenters. The number of ether oxygens (including phenoxy) is 1. The SMILES string of the molecule is BrCCCCCCOc1ccc2c(-c3ccc(Br)cc3)nsc2c1. The summed E-state index contributed by atoms with van der Waals surface area (Å²) in [4.78, 5) is 0. The van der Waals surface area contributed by atoms with Gasteiger partial charge < -0.3 is 4.74 Å². The highest BCUT2D eigenvalue weighted by atomic mass is 79.9. The zero-order valence-electron chi connectivity index (χ0n) is 13.3. The highest BCUT2D eigenvalue weighted by Gasteiger charge is 2.09. The molecule has 0 aliphatic rings. The van der Waals surface area contributed by atoms with Crippen molar-refractivity contribution in [3.05, 3.63) is 46.9 Å². The van der Waals surface area contributed by atoms with Crippen molar-refractivity contribution < 1.29 is 4.74 Å². The molecule has 24 heavy (non-hydrogen) atoms. The first-order valence-electron chi connectivity index (χ1n) is 8.12. The molecule has 0 saturated carbocycles. The fourth-order valence-corrected chi connectivity index (χ4v) is 4.05. The molecule has 0 saturated heterocycles. The number of fused-ring (bicyclic) bond motifs is 1. The predicted octanol–water partition coefficient (Wildman–Crippen LogP) is 7.06. The molecule has 0 unspecified atom stereocenters. The van der Waals surface area contributed by atoms with Gasteiger partial charge in [0.15, 0.2) is 0 Å². The number of rotatable bonds is 8. The van der Waals surface area contributed by atoms with Gasteiger partial charge in [0, 0.05) is 20.8 Å². The van der Waals surface area contributed by atoms with Crippen molar-refractivity contribution in [2.24, 2.45) is 0 Å². The van der Waals surface area contributed by atoms with Crippen molar-refractivity contribution in [2.75, 3.05) is 11.9 Å². The zero-order chi connectivity index (χ0) is 16.8. The molecule has 0 aliphatic carbocycles. The smallest absolute Gasteiger partial charge is 0.120 e. The van der Waals surface area contributed by atoms with Gasteiger partial charge in [0.2, 0.25) is 0 Å². The average molecular weight is 469 g/mol. The maximum atomic E-state index is 5.89. The van der Waals surface area contributed by atoms with E-state index in [-0.39, 0.29) is 0 Å². The van der Waals surface area contributed by atoms with Crippen LogP contribution in [0, 0.1) is 0 Å². The van der Waals surface area contributed by atoms with E-state index >= 15 is 0 Å². The normalized spacial score (nSPS) is 11.1. The Hall–Kier alpha value is -0.910. The molecular formula is C19H19Br2NOS. The first-order valence-corrected chi connectivity index (χ1v) is 10.8. The van der Waals surface area contributed by atoms with Gasteiger partial charge in [-0.1, -0.05) is 56.8 Å². The second-order valence-electron chi connectivity index (χ2n) is 5.65. The largest absolute Gasteiger partial charge is 0.494 e. The summed E-state index contributed by atoms with van der Waals surface area (Å²) < 4.78 is 12.8. The second kappa shape index (κ2) is 8.97. The molecule has 3 rings (SSSR count). The molecule has 0 spiro atoms. The lowest BCUT2D eigenvalue weighted by Crippen LogP contribution is -1.97. The quantitative estimate of drug-likeness (QED) is 0.260. The van der Waals surface area contributed by atoms with Gasteiger partial charge in [-0.3, -0.25) is 0 Å². The highest BCUT2D eigenvalue weighted by Crippen LogP contribution is 2.33. The first kappa shape index (κ1) is 17.9. The number of alkyl halides is 1. The van der Waals surface area contributed by atoms with Crippen LogP contribution in [-0.4, -0.2) is 16.3 Å². The van der Waals surface area contributed by atoms with E-state index in [4.69, 9.17) is 4.74 Å². The van der Waals surface area contributed by atoms with E-state index in [9.17, 15) is 0 Å². The first-order chi connectivity index (χ1) is 11.8. The molecule has 2 aromatic carbocycles. The number of halogens is 2. The summed E-state index contributed by atoms with van der Waals surface area (Å²) in [6.07, 6.45) is 4.84. The Labute approximate surface area is 163 Å². The lowest BCUT2D eigenvalue weighted by Gasteiger charge is -2.06. The summed E-state index contributed by atoms with van der Waals surface area (Å²) in [6, 6.07) is 14.6. The van der Waals surface area contributed by atoms with Crippen LogP contribution in [0.3, 0.4) is 0 Å². The summed E-state index contributed by atoms with van der Waals surface area (Å²) in [5, 5.41) is 2.28. The van der Waals surface area contributed by atoms with E-state index in [1.165, 1.54) is 40.9 Å². The Bertz CT molecular complexity index is 786. The van der Waals surface area contributed by atoms with Gasteiger partial charge in [-0.15, -0.1) is 0 Å². The minimum absolute atomic E-state index is 0.784. The number of hydrogen-bond donors (Lipinski definition) is 0. The molecule has 2 nitrogen and oxygen atoms in total.